The molecule has 6 nitrogen and oxygen atoms in total. The van der Waals surface area contributed by atoms with Crippen LogP contribution in [0.5, 0.6) is 0 Å². The number of hydrogen-bond donors (Lipinski definition) is 1. The molecule has 0 atom stereocenters. The second-order valence-corrected chi connectivity index (χ2v) is 5.93. The van der Waals surface area contributed by atoms with Crippen LogP contribution in [0.4, 0.5) is 5.13 Å². The molecule has 24 heavy (non-hydrogen) atoms. The van der Waals surface area contributed by atoms with Gasteiger partial charge in [0, 0.05) is 25.2 Å². The maximum absolute atomic E-state index is 11.7. The zero-order valence-electron chi connectivity index (χ0n) is 13.9. The molecule has 7 heteroatoms. The van der Waals surface area contributed by atoms with E-state index in [0.717, 1.165) is 17.7 Å². The Hall–Kier alpha value is -1.80. The first-order valence-corrected chi connectivity index (χ1v) is 8.51. The lowest BCUT2D eigenvalue weighted by molar-refractivity contribution is -0.121. The summed E-state index contributed by atoms with van der Waals surface area (Å²) in [6.07, 6.45) is 0.887. The molecule has 1 amide bonds. The van der Waals surface area contributed by atoms with Crippen LogP contribution in [0.3, 0.4) is 0 Å². The Kier molecular flexibility index (Phi) is 7.84. The van der Waals surface area contributed by atoms with Crippen molar-refractivity contribution in [2.24, 2.45) is 0 Å². The van der Waals surface area contributed by atoms with Gasteiger partial charge in [0.15, 0.2) is 5.13 Å². The van der Waals surface area contributed by atoms with Crippen molar-refractivity contribution in [1.82, 2.24) is 4.98 Å². The molecule has 0 saturated heterocycles. The minimum absolute atomic E-state index is 0.00747. The van der Waals surface area contributed by atoms with Gasteiger partial charge in [-0.05, 0) is 12.0 Å². The molecule has 0 aliphatic heterocycles. The molecule has 0 radical (unpaired) electrons. The van der Waals surface area contributed by atoms with Gasteiger partial charge in [-0.2, -0.15) is 0 Å². The third kappa shape index (κ3) is 6.01. The van der Waals surface area contributed by atoms with Gasteiger partial charge in [0.2, 0.25) is 0 Å². The standard InChI is InChI=1S/C17H22N2O4S/c1-21-8-7-13-3-5-14(6-4-13)15-12-24-17(18-15)19-16(20)11-23-10-9-22-2/h3-6,12H,7-11H2,1-2H3,(H,18,19,20). The molecule has 1 aromatic carbocycles. The second kappa shape index (κ2) is 10.1. The normalized spacial score (nSPS) is 10.8. The number of anilines is 1. The summed E-state index contributed by atoms with van der Waals surface area (Å²) >= 11 is 1.39. The highest BCUT2D eigenvalue weighted by atomic mass is 32.1. The van der Waals surface area contributed by atoms with Gasteiger partial charge in [-0.1, -0.05) is 24.3 Å². The Morgan fingerprint density at radius 3 is 2.58 bits per heavy atom. The Morgan fingerprint density at radius 2 is 1.88 bits per heavy atom. The Labute approximate surface area is 145 Å². The first-order valence-electron chi connectivity index (χ1n) is 7.63. The van der Waals surface area contributed by atoms with Crippen molar-refractivity contribution >= 4 is 22.4 Å². The highest BCUT2D eigenvalue weighted by molar-refractivity contribution is 7.14. The maximum atomic E-state index is 11.7. The van der Waals surface area contributed by atoms with Crippen LogP contribution >= 0.6 is 11.3 Å². The number of methoxy groups -OCH3 is 2. The van der Waals surface area contributed by atoms with E-state index in [-0.39, 0.29) is 12.5 Å². The predicted molar refractivity (Wildman–Crippen MR) is 94.5 cm³/mol. The van der Waals surface area contributed by atoms with E-state index in [0.29, 0.717) is 25.0 Å². The zero-order chi connectivity index (χ0) is 17.2. The van der Waals surface area contributed by atoms with Gasteiger partial charge >= 0.3 is 0 Å². The van der Waals surface area contributed by atoms with Gasteiger partial charge in [0.25, 0.3) is 5.91 Å². The first-order chi connectivity index (χ1) is 11.7. The van der Waals surface area contributed by atoms with Crippen molar-refractivity contribution in [3.8, 4) is 11.3 Å². The molecule has 1 aromatic heterocycles. The molecule has 0 aliphatic rings. The van der Waals surface area contributed by atoms with E-state index >= 15 is 0 Å². The van der Waals surface area contributed by atoms with Gasteiger partial charge in [-0.15, -0.1) is 11.3 Å². The molecular formula is C17H22N2O4S. The number of carbonyl (C=O) groups is 1. The molecule has 2 rings (SSSR count). The van der Waals surface area contributed by atoms with Crippen LogP contribution in [0.2, 0.25) is 0 Å². The molecule has 1 N–H and O–H groups in total. The summed E-state index contributed by atoms with van der Waals surface area (Å²) in [5, 5.41) is 5.22. The van der Waals surface area contributed by atoms with Crippen LogP contribution in [0.15, 0.2) is 29.6 Å². The predicted octanol–water partition coefficient (Wildman–Crippen LogP) is 2.60. The quantitative estimate of drug-likeness (QED) is 0.667. The highest BCUT2D eigenvalue weighted by Gasteiger charge is 2.08. The number of thiazole rings is 1. The number of nitrogens with one attached hydrogen (secondary N) is 1. The monoisotopic (exact) mass is 350 g/mol. The molecule has 0 spiro atoms. The number of aromatic nitrogens is 1. The van der Waals surface area contributed by atoms with Crippen molar-refractivity contribution in [2.45, 2.75) is 6.42 Å². The second-order valence-electron chi connectivity index (χ2n) is 5.07. The number of ether oxygens (including phenoxy) is 3. The van der Waals surface area contributed by atoms with E-state index in [1.54, 1.807) is 14.2 Å². The van der Waals surface area contributed by atoms with Crippen LogP contribution in [0.25, 0.3) is 11.3 Å². The molecule has 0 aliphatic carbocycles. The van der Waals surface area contributed by atoms with Gasteiger partial charge in [-0.25, -0.2) is 4.98 Å². The van der Waals surface area contributed by atoms with E-state index in [1.165, 1.54) is 16.9 Å². The molecule has 0 saturated carbocycles. The van der Waals surface area contributed by atoms with E-state index < -0.39 is 0 Å². The SMILES string of the molecule is COCCOCC(=O)Nc1nc(-c2ccc(CCOC)cc2)cs1. The van der Waals surface area contributed by atoms with Crippen LogP contribution in [-0.2, 0) is 25.4 Å². The average molecular weight is 350 g/mol. The van der Waals surface area contributed by atoms with Gasteiger partial charge in [-0.3, -0.25) is 10.1 Å². The average Bonchev–Trinajstić information content (AvgIpc) is 3.06. The van der Waals surface area contributed by atoms with Crippen LogP contribution in [-0.4, -0.2) is 51.5 Å². The lowest BCUT2D eigenvalue weighted by atomic mass is 10.1. The maximum Gasteiger partial charge on any atom is 0.252 e. The first kappa shape index (κ1) is 18.5. The number of benzene rings is 1. The van der Waals surface area contributed by atoms with E-state index in [1.807, 2.05) is 17.5 Å². The van der Waals surface area contributed by atoms with Crippen molar-refractivity contribution in [1.29, 1.82) is 0 Å². The summed E-state index contributed by atoms with van der Waals surface area (Å²) in [6, 6.07) is 8.18. The van der Waals surface area contributed by atoms with Crippen molar-refractivity contribution in [2.75, 3.05) is 46.0 Å². The van der Waals surface area contributed by atoms with Gasteiger partial charge < -0.3 is 14.2 Å². The van der Waals surface area contributed by atoms with Crippen molar-refractivity contribution in [3.63, 3.8) is 0 Å². The largest absolute Gasteiger partial charge is 0.384 e. The van der Waals surface area contributed by atoms with Crippen LogP contribution in [0, 0.1) is 0 Å². The molecule has 2 aromatic rings. The van der Waals surface area contributed by atoms with Gasteiger partial charge in [0.1, 0.15) is 6.61 Å². The Bertz CT molecular complexity index is 628. The van der Waals surface area contributed by atoms with E-state index in [2.05, 4.69) is 22.4 Å². The fourth-order valence-electron chi connectivity index (χ4n) is 1.99. The Balaban J connectivity index is 1.87. The summed E-state index contributed by atoms with van der Waals surface area (Å²) in [4.78, 5) is 16.2. The zero-order valence-corrected chi connectivity index (χ0v) is 14.7. The fourth-order valence-corrected chi connectivity index (χ4v) is 2.72. The van der Waals surface area contributed by atoms with Crippen molar-refractivity contribution < 1.29 is 19.0 Å². The third-order valence-corrected chi connectivity index (χ3v) is 4.02. The summed E-state index contributed by atoms with van der Waals surface area (Å²) in [7, 11) is 3.28. The van der Waals surface area contributed by atoms with Crippen LogP contribution in [0.1, 0.15) is 5.56 Å². The smallest absolute Gasteiger partial charge is 0.252 e. The lowest BCUT2D eigenvalue weighted by Gasteiger charge is -2.03. The van der Waals surface area contributed by atoms with Gasteiger partial charge in [0.05, 0.1) is 25.5 Å². The third-order valence-electron chi connectivity index (χ3n) is 3.26. The fraction of sp³-hybridized carbons (Fsp3) is 0.412. The number of carbonyl (C=O) groups excluding carboxylic acids is 1. The summed E-state index contributed by atoms with van der Waals surface area (Å²) in [5.74, 6) is -0.220. The summed E-state index contributed by atoms with van der Waals surface area (Å²) in [6.45, 7) is 1.56. The highest BCUT2D eigenvalue weighted by Crippen LogP contribution is 2.25. The lowest BCUT2D eigenvalue weighted by Crippen LogP contribution is -2.19. The van der Waals surface area contributed by atoms with E-state index in [4.69, 9.17) is 14.2 Å². The topological polar surface area (TPSA) is 69.7 Å². The summed E-state index contributed by atoms with van der Waals surface area (Å²) in [5.41, 5.74) is 3.08. The molecule has 1 heterocycles. The Morgan fingerprint density at radius 1 is 1.12 bits per heavy atom. The minimum Gasteiger partial charge on any atom is -0.384 e. The molecule has 0 fully saturated rings. The molecular weight excluding hydrogens is 328 g/mol. The number of nitrogens with zero attached hydrogens (tertiary/aromatic N) is 1. The number of rotatable bonds is 10. The van der Waals surface area contributed by atoms with E-state index in [9.17, 15) is 4.79 Å². The number of amides is 1. The molecule has 130 valence electrons. The minimum atomic E-state index is -0.220. The van der Waals surface area contributed by atoms with Crippen LogP contribution < -0.4 is 5.32 Å². The summed E-state index contributed by atoms with van der Waals surface area (Å²) < 4.78 is 15.1. The molecule has 0 bridgehead atoms. The number of hydrogen-bond acceptors (Lipinski definition) is 6. The van der Waals surface area contributed by atoms with Crippen molar-refractivity contribution in [3.05, 3.63) is 35.2 Å². The molecule has 0 unspecified atom stereocenters.